The zero-order valence-corrected chi connectivity index (χ0v) is 11.7. The van der Waals surface area contributed by atoms with Crippen molar-refractivity contribution in [1.82, 2.24) is 0 Å². The van der Waals surface area contributed by atoms with Crippen LogP contribution < -0.4 is 4.90 Å². The monoisotopic (exact) mass is 286 g/mol. The van der Waals surface area contributed by atoms with Crippen LogP contribution in [0.3, 0.4) is 0 Å². The minimum absolute atomic E-state index is 0.105. The van der Waals surface area contributed by atoms with Gasteiger partial charge in [-0.05, 0) is 11.6 Å². The fourth-order valence-electron chi connectivity index (χ4n) is 2.14. The fourth-order valence-corrected chi connectivity index (χ4v) is 3.37. The highest BCUT2D eigenvalue weighted by Crippen LogP contribution is 2.30. The Labute approximate surface area is 115 Å². The van der Waals surface area contributed by atoms with E-state index in [2.05, 4.69) is 11.8 Å². The van der Waals surface area contributed by atoms with E-state index in [1.165, 1.54) is 0 Å². The Hall–Kier alpha value is -0.940. The maximum Gasteiger partial charge on any atom is 0.269 e. The van der Waals surface area contributed by atoms with Crippen LogP contribution in [-0.2, 0) is 5.88 Å². The van der Waals surface area contributed by atoms with Crippen molar-refractivity contribution in [3.05, 3.63) is 33.9 Å². The number of thioether (sulfide) groups is 1. The van der Waals surface area contributed by atoms with Gasteiger partial charge < -0.3 is 4.90 Å². The number of nitro benzene ring substituents is 1. The molecule has 0 saturated carbocycles. The van der Waals surface area contributed by atoms with E-state index in [1.54, 1.807) is 12.1 Å². The molecule has 0 aliphatic carbocycles. The maximum atomic E-state index is 10.8. The molecule has 1 aliphatic rings. The molecule has 1 aromatic carbocycles. The normalized spacial score (nSPS) is 19.9. The van der Waals surface area contributed by atoms with Crippen molar-refractivity contribution in [2.45, 2.75) is 18.1 Å². The highest BCUT2D eigenvalue weighted by Gasteiger charge is 2.20. The molecule has 0 amide bonds. The number of nitro groups is 1. The first kappa shape index (κ1) is 13.5. The first-order valence-electron chi connectivity index (χ1n) is 5.81. The number of hydrogen-bond donors (Lipinski definition) is 0. The molecule has 1 aliphatic heterocycles. The standard InChI is InChI=1S/C12H15ClN2O2S/c1-9-8-14(4-5-18-9)12-3-2-11(15(16)17)6-10(12)7-13/h2-3,6,9H,4-5,7-8H2,1H3. The second kappa shape index (κ2) is 5.80. The molecular weight excluding hydrogens is 272 g/mol. The molecule has 2 rings (SSSR count). The minimum Gasteiger partial charge on any atom is -0.369 e. The van der Waals surface area contributed by atoms with Crippen LogP contribution in [0.15, 0.2) is 18.2 Å². The van der Waals surface area contributed by atoms with Crippen molar-refractivity contribution in [2.75, 3.05) is 23.7 Å². The van der Waals surface area contributed by atoms with Crippen LogP contribution in [0, 0.1) is 10.1 Å². The van der Waals surface area contributed by atoms with Crippen LogP contribution in [0.2, 0.25) is 0 Å². The second-order valence-corrected chi connectivity index (χ2v) is 6.14. The van der Waals surface area contributed by atoms with E-state index in [0.29, 0.717) is 11.1 Å². The second-order valence-electron chi connectivity index (χ2n) is 4.33. The Kier molecular flexibility index (Phi) is 4.35. The fraction of sp³-hybridized carbons (Fsp3) is 0.500. The van der Waals surface area contributed by atoms with Gasteiger partial charge in [0.25, 0.3) is 5.69 Å². The van der Waals surface area contributed by atoms with Gasteiger partial charge in [-0.2, -0.15) is 11.8 Å². The molecule has 0 radical (unpaired) electrons. The van der Waals surface area contributed by atoms with Crippen molar-refractivity contribution in [1.29, 1.82) is 0 Å². The lowest BCUT2D eigenvalue weighted by Crippen LogP contribution is -2.37. The van der Waals surface area contributed by atoms with Gasteiger partial charge >= 0.3 is 0 Å². The van der Waals surface area contributed by atoms with Crippen molar-refractivity contribution in [3.8, 4) is 0 Å². The lowest BCUT2D eigenvalue weighted by Gasteiger charge is -2.33. The molecule has 1 atom stereocenters. The number of rotatable bonds is 3. The van der Waals surface area contributed by atoms with Gasteiger partial charge in [0.05, 0.1) is 4.92 Å². The number of alkyl halides is 1. The highest BCUT2D eigenvalue weighted by atomic mass is 35.5. The summed E-state index contributed by atoms with van der Waals surface area (Å²) in [6.45, 7) is 4.13. The first-order chi connectivity index (χ1) is 8.61. The molecule has 1 unspecified atom stereocenters. The summed E-state index contributed by atoms with van der Waals surface area (Å²) in [7, 11) is 0. The molecule has 18 heavy (non-hydrogen) atoms. The quantitative estimate of drug-likeness (QED) is 0.486. The zero-order chi connectivity index (χ0) is 13.1. The number of benzene rings is 1. The molecule has 0 bridgehead atoms. The van der Waals surface area contributed by atoms with E-state index in [4.69, 9.17) is 11.6 Å². The van der Waals surface area contributed by atoms with Gasteiger partial charge in [0.1, 0.15) is 0 Å². The molecule has 1 heterocycles. The Bertz CT molecular complexity index is 456. The van der Waals surface area contributed by atoms with E-state index in [0.717, 1.165) is 30.1 Å². The molecule has 0 spiro atoms. The largest absolute Gasteiger partial charge is 0.369 e. The summed E-state index contributed by atoms with van der Waals surface area (Å²) in [6, 6.07) is 4.95. The predicted octanol–water partition coefficient (Wildman–Crippen LogP) is 3.28. The summed E-state index contributed by atoms with van der Waals surface area (Å²) >= 11 is 7.86. The molecule has 1 fully saturated rings. The number of nitrogens with zero attached hydrogens (tertiary/aromatic N) is 2. The van der Waals surface area contributed by atoms with Crippen LogP contribution >= 0.6 is 23.4 Å². The Morgan fingerprint density at radius 2 is 2.39 bits per heavy atom. The summed E-state index contributed by atoms with van der Waals surface area (Å²) in [5.41, 5.74) is 1.97. The van der Waals surface area contributed by atoms with Gasteiger partial charge in [-0.15, -0.1) is 11.6 Å². The van der Waals surface area contributed by atoms with E-state index < -0.39 is 0 Å². The summed E-state index contributed by atoms with van der Waals surface area (Å²) in [6.07, 6.45) is 0. The van der Waals surface area contributed by atoms with Crippen molar-refractivity contribution in [3.63, 3.8) is 0 Å². The van der Waals surface area contributed by atoms with Gasteiger partial charge in [-0.3, -0.25) is 10.1 Å². The maximum absolute atomic E-state index is 10.8. The molecule has 1 aromatic rings. The van der Waals surface area contributed by atoms with E-state index in [1.807, 2.05) is 17.8 Å². The lowest BCUT2D eigenvalue weighted by atomic mass is 10.1. The van der Waals surface area contributed by atoms with Crippen molar-refractivity contribution >= 4 is 34.7 Å². The van der Waals surface area contributed by atoms with Crippen LogP contribution in [0.1, 0.15) is 12.5 Å². The van der Waals surface area contributed by atoms with Crippen LogP contribution in [0.4, 0.5) is 11.4 Å². The zero-order valence-electron chi connectivity index (χ0n) is 10.1. The Morgan fingerprint density at radius 3 is 3.00 bits per heavy atom. The summed E-state index contributed by atoms with van der Waals surface area (Å²) in [5, 5.41) is 11.3. The molecular formula is C12H15ClN2O2S. The molecule has 0 N–H and O–H groups in total. The number of halogens is 1. The van der Waals surface area contributed by atoms with E-state index >= 15 is 0 Å². The third-order valence-electron chi connectivity index (χ3n) is 3.00. The summed E-state index contributed by atoms with van der Waals surface area (Å²) in [5.74, 6) is 1.38. The Balaban J connectivity index is 2.29. The number of non-ortho nitro benzene ring substituents is 1. The van der Waals surface area contributed by atoms with Crippen LogP contribution in [-0.4, -0.2) is 29.0 Å². The van der Waals surface area contributed by atoms with Gasteiger partial charge in [-0.1, -0.05) is 6.92 Å². The predicted molar refractivity (Wildman–Crippen MR) is 76.8 cm³/mol. The highest BCUT2D eigenvalue weighted by molar-refractivity contribution is 8.00. The third kappa shape index (κ3) is 2.90. The number of anilines is 1. The molecule has 98 valence electrons. The third-order valence-corrected chi connectivity index (χ3v) is 4.42. The van der Waals surface area contributed by atoms with Gasteiger partial charge in [0, 0.05) is 47.8 Å². The Morgan fingerprint density at radius 1 is 1.61 bits per heavy atom. The minimum atomic E-state index is -0.380. The molecule has 0 aromatic heterocycles. The lowest BCUT2D eigenvalue weighted by molar-refractivity contribution is -0.384. The van der Waals surface area contributed by atoms with Gasteiger partial charge in [0.2, 0.25) is 0 Å². The molecule has 6 heteroatoms. The smallest absolute Gasteiger partial charge is 0.269 e. The summed E-state index contributed by atoms with van der Waals surface area (Å²) in [4.78, 5) is 12.6. The molecule has 4 nitrogen and oxygen atoms in total. The average molecular weight is 287 g/mol. The van der Waals surface area contributed by atoms with E-state index in [9.17, 15) is 10.1 Å². The van der Waals surface area contributed by atoms with Crippen LogP contribution in [0.25, 0.3) is 0 Å². The SMILES string of the molecule is CC1CN(c2ccc([N+](=O)[O-])cc2CCl)CCS1. The van der Waals surface area contributed by atoms with Gasteiger partial charge in [-0.25, -0.2) is 0 Å². The summed E-state index contributed by atoms with van der Waals surface area (Å²) < 4.78 is 0. The first-order valence-corrected chi connectivity index (χ1v) is 7.40. The van der Waals surface area contributed by atoms with Gasteiger partial charge in [0.15, 0.2) is 0 Å². The van der Waals surface area contributed by atoms with Crippen LogP contribution in [0.5, 0.6) is 0 Å². The van der Waals surface area contributed by atoms with E-state index in [-0.39, 0.29) is 10.6 Å². The molecule has 1 saturated heterocycles. The number of hydrogen-bond acceptors (Lipinski definition) is 4. The topological polar surface area (TPSA) is 46.4 Å². The van der Waals surface area contributed by atoms with Crippen molar-refractivity contribution < 1.29 is 4.92 Å². The van der Waals surface area contributed by atoms with Crippen molar-refractivity contribution in [2.24, 2.45) is 0 Å². The average Bonchev–Trinajstić information content (AvgIpc) is 2.37.